The van der Waals surface area contributed by atoms with Gasteiger partial charge in [0.2, 0.25) is 0 Å². The van der Waals surface area contributed by atoms with Gasteiger partial charge >= 0.3 is 0 Å². The number of hydrogen-bond acceptors (Lipinski definition) is 1. The summed E-state index contributed by atoms with van der Waals surface area (Å²) in [5, 5.41) is 5.97. The average Bonchev–Trinajstić information content (AvgIpc) is 2.72. The summed E-state index contributed by atoms with van der Waals surface area (Å²) in [7, 11) is -0.537. The first-order valence-electron chi connectivity index (χ1n) is 9.38. The van der Waals surface area contributed by atoms with Gasteiger partial charge in [-0.15, -0.1) is 0 Å². The molecule has 1 N–H and O–H groups in total. The third-order valence-corrected chi connectivity index (χ3v) is 7.27. The summed E-state index contributed by atoms with van der Waals surface area (Å²) in [4.78, 5) is 12.7. The van der Waals surface area contributed by atoms with Gasteiger partial charge in [-0.05, 0) is 42.7 Å². The van der Waals surface area contributed by atoms with E-state index in [4.69, 9.17) is 0 Å². The zero-order chi connectivity index (χ0) is 19.1. The van der Waals surface area contributed by atoms with E-state index in [1.54, 1.807) is 0 Å². The maximum Gasteiger partial charge on any atom is 0.251 e. The van der Waals surface area contributed by atoms with Crippen LogP contribution in [0.3, 0.4) is 0 Å². The predicted molar refractivity (Wildman–Crippen MR) is 116 cm³/mol. The SMILES string of the molecule is CC(C)C(CP(c1ccccc1)c1ccccc1)NC(=O)c1ccccc1. The van der Waals surface area contributed by atoms with E-state index in [0.29, 0.717) is 11.5 Å². The molecule has 0 bridgehead atoms. The number of hydrogen-bond donors (Lipinski definition) is 1. The Morgan fingerprint density at radius 1 is 0.778 bits per heavy atom. The van der Waals surface area contributed by atoms with Crippen molar-refractivity contribution in [3.63, 3.8) is 0 Å². The molecule has 27 heavy (non-hydrogen) atoms. The molecule has 0 fully saturated rings. The van der Waals surface area contributed by atoms with Crippen LogP contribution in [0, 0.1) is 5.92 Å². The van der Waals surface area contributed by atoms with Gasteiger partial charge in [0.25, 0.3) is 5.91 Å². The van der Waals surface area contributed by atoms with Crippen LogP contribution in [0.1, 0.15) is 24.2 Å². The molecule has 3 heteroatoms. The second-order valence-corrected chi connectivity index (χ2v) is 9.23. The van der Waals surface area contributed by atoms with E-state index in [0.717, 1.165) is 6.16 Å². The van der Waals surface area contributed by atoms with E-state index < -0.39 is 7.92 Å². The van der Waals surface area contributed by atoms with Crippen LogP contribution in [-0.4, -0.2) is 18.1 Å². The molecule has 0 aliphatic heterocycles. The molecule has 3 aromatic carbocycles. The Labute approximate surface area is 163 Å². The Balaban J connectivity index is 1.84. The van der Waals surface area contributed by atoms with E-state index in [2.05, 4.69) is 79.8 Å². The summed E-state index contributed by atoms with van der Waals surface area (Å²) in [6.45, 7) is 4.36. The highest BCUT2D eigenvalue weighted by atomic mass is 31.1. The Morgan fingerprint density at radius 3 is 1.67 bits per heavy atom. The van der Waals surface area contributed by atoms with Crippen LogP contribution in [-0.2, 0) is 0 Å². The van der Waals surface area contributed by atoms with E-state index in [1.807, 2.05) is 30.3 Å². The lowest BCUT2D eigenvalue weighted by molar-refractivity contribution is 0.0931. The van der Waals surface area contributed by atoms with Crippen LogP contribution in [0.5, 0.6) is 0 Å². The molecule has 3 rings (SSSR count). The van der Waals surface area contributed by atoms with Crippen molar-refractivity contribution >= 4 is 24.4 Å². The molecule has 0 spiro atoms. The van der Waals surface area contributed by atoms with E-state index in [1.165, 1.54) is 10.6 Å². The minimum atomic E-state index is -0.537. The molecule has 0 heterocycles. The second-order valence-electron chi connectivity index (χ2n) is 6.97. The topological polar surface area (TPSA) is 29.1 Å². The van der Waals surface area contributed by atoms with Crippen LogP contribution in [0.4, 0.5) is 0 Å². The van der Waals surface area contributed by atoms with Gasteiger partial charge in [-0.3, -0.25) is 4.79 Å². The van der Waals surface area contributed by atoms with Crippen molar-refractivity contribution in [1.82, 2.24) is 5.32 Å². The lowest BCUT2D eigenvalue weighted by atomic mass is 10.1. The summed E-state index contributed by atoms with van der Waals surface area (Å²) < 4.78 is 0. The van der Waals surface area contributed by atoms with Crippen molar-refractivity contribution in [1.29, 1.82) is 0 Å². The van der Waals surface area contributed by atoms with Gasteiger partial charge in [0.15, 0.2) is 0 Å². The molecule has 138 valence electrons. The van der Waals surface area contributed by atoms with Crippen molar-refractivity contribution in [2.45, 2.75) is 19.9 Å². The smallest absolute Gasteiger partial charge is 0.251 e. The van der Waals surface area contributed by atoms with Crippen molar-refractivity contribution in [3.8, 4) is 0 Å². The van der Waals surface area contributed by atoms with Gasteiger partial charge in [0, 0.05) is 11.6 Å². The first-order chi connectivity index (χ1) is 13.1. The fourth-order valence-corrected chi connectivity index (χ4v) is 5.73. The molecule has 1 amide bonds. The van der Waals surface area contributed by atoms with Crippen molar-refractivity contribution < 1.29 is 4.79 Å². The zero-order valence-corrected chi connectivity index (χ0v) is 16.8. The molecular weight excluding hydrogens is 349 g/mol. The number of carbonyl (C=O) groups is 1. The van der Waals surface area contributed by atoms with Gasteiger partial charge in [0.1, 0.15) is 0 Å². The Bertz CT molecular complexity index is 795. The third-order valence-electron chi connectivity index (χ3n) is 4.67. The largest absolute Gasteiger partial charge is 0.349 e. The quantitative estimate of drug-likeness (QED) is 0.602. The highest BCUT2D eigenvalue weighted by molar-refractivity contribution is 7.73. The van der Waals surface area contributed by atoms with Crippen molar-refractivity contribution in [2.75, 3.05) is 6.16 Å². The third kappa shape index (κ3) is 5.28. The number of amides is 1. The molecule has 0 radical (unpaired) electrons. The molecule has 3 aromatic rings. The van der Waals surface area contributed by atoms with Gasteiger partial charge in [-0.2, -0.15) is 0 Å². The monoisotopic (exact) mass is 375 g/mol. The standard InChI is InChI=1S/C24H26NOP/c1-19(2)23(25-24(26)20-12-6-3-7-13-20)18-27(21-14-8-4-9-15-21)22-16-10-5-11-17-22/h3-17,19,23H,18H2,1-2H3,(H,25,26). The van der Waals surface area contributed by atoms with Crippen LogP contribution in [0.15, 0.2) is 91.0 Å². The molecule has 0 aliphatic rings. The van der Waals surface area contributed by atoms with E-state index in [-0.39, 0.29) is 11.9 Å². The minimum absolute atomic E-state index is 0.00498. The molecule has 2 nitrogen and oxygen atoms in total. The Kier molecular flexibility index (Phi) is 6.79. The fraction of sp³-hybridized carbons (Fsp3) is 0.208. The van der Waals surface area contributed by atoms with Gasteiger partial charge < -0.3 is 5.32 Å². The average molecular weight is 375 g/mol. The number of carbonyl (C=O) groups excluding carboxylic acids is 1. The molecular formula is C24H26NOP. The summed E-state index contributed by atoms with van der Waals surface area (Å²) in [5.74, 6) is 0.362. The first-order valence-corrected chi connectivity index (χ1v) is 10.9. The van der Waals surface area contributed by atoms with Crippen LogP contribution >= 0.6 is 7.92 Å². The zero-order valence-electron chi connectivity index (χ0n) is 15.9. The van der Waals surface area contributed by atoms with Gasteiger partial charge in [-0.25, -0.2) is 0 Å². The minimum Gasteiger partial charge on any atom is -0.349 e. The van der Waals surface area contributed by atoms with E-state index >= 15 is 0 Å². The van der Waals surface area contributed by atoms with Crippen LogP contribution in [0.2, 0.25) is 0 Å². The maximum absolute atomic E-state index is 12.7. The molecule has 0 saturated carbocycles. The summed E-state index contributed by atoms with van der Waals surface area (Å²) in [5.41, 5.74) is 0.715. The summed E-state index contributed by atoms with van der Waals surface area (Å²) in [6.07, 6.45) is 0.930. The highest BCUT2D eigenvalue weighted by Crippen LogP contribution is 2.35. The Morgan fingerprint density at radius 2 is 1.22 bits per heavy atom. The lowest BCUT2D eigenvalue weighted by Gasteiger charge is -2.28. The van der Waals surface area contributed by atoms with Gasteiger partial charge in [-0.1, -0.05) is 92.7 Å². The van der Waals surface area contributed by atoms with Crippen molar-refractivity contribution in [2.24, 2.45) is 5.92 Å². The summed E-state index contributed by atoms with van der Waals surface area (Å²) >= 11 is 0. The molecule has 0 aliphatic carbocycles. The number of nitrogens with one attached hydrogen (secondary N) is 1. The fourth-order valence-electron chi connectivity index (χ4n) is 3.04. The number of rotatable bonds is 7. The lowest BCUT2D eigenvalue weighted by Crippen LogP contribution is -2.42. The summed E-state index contributed by atoms with van der Waals surface area (Å²) in [6, 6.07) is 30.9. The highest BCUT2D eigenvalue weighted by Gasteiger charge is 2.23. The van der Waals surface area contributed by atoms with Crippen LogP contribution in [0.25, 0.3) is 0 Å². The predicted octanol–water partition coefficient (Wildman–Crippen LogP) is 4.57. The van der Waals surface area contributed by atoms with Gasteiger partial charge in [0.05, 0.1) is 0 Å². The number of benzene rings is 3. The molecule has 1 unspecified atom stereocenters. The molecule has 1 atom stereocenters. The Hall–Kier alpha value is -2.44. The molecule has 0 saturated heterocycles. The normalized spacial score (nSPS) is 12.1. The maximum atomic E-state index is 12.7. The van der Waals surface area contributed by atoms with Crippen molar-refractivity contribution in [3.05, 3.63) is 96.6 Å². The molecule has 0 aromatic heterocycles. The van der Waals surface area contributed by atoms with Crippen LogP contribution < -0.4 is 15.9 Å². The van der Waals surface area contributed by atoms with E-state index in [9.17, 15) is 4.79 Å². The second kappa shape index (κ2) is 9.48. The first kappa shape index (κ1) is 19.3.